The zero-order chi connectivity index (χ0) is 12.2. The minimum Gasteiger partial charge on any atom is -0.453 e. The summed E-state index contributed by atoms with van der Waals surface area (Å²) in [5.41, 5.74) is 5.35. The van der Waals surface area contributed by atoms with Crippen LogP contribution in [0.4, 0.5) is 0 Å². The summed E-state index contributed by atoms with van der Waals surface area (Å²) in [5, 5.41) is 0. The summed E-state index contributed by atoms with van der Waals surface area (Å²) in [6.45, 7) is 12.1. The van der Waals surface area contributed by atoms with E-state index in [1.54, 1.807) is 0 Å². The van der Waals surface area contributed by atoms with Crippen molar-refractivity contribution in [2.45, 2.75) is 31.8 Å². The fourth-order valence-corrected chi connectivity index (χ4v) is 3.17. The van der Waals surface area contributed by atoms with Crippen LogP contribution in [0.2, 0.25) is 0 Å². The molecule has 2 atom stereocenters. The lowest BCUT2D eigenvalue weighted by Gasteiger charge is -2.18. The molecule has 0 amide bonds. The highest BCUT2D eigenvalue weighted by Crippen LogP contribution is 2.47. The molecule has 3 aliphatic rings. The Bertz CT molecular complexity index is 493. The Morgan fingerprint density at radius 1 is 1.06 bits per heavy atom. The van der Waals surface area contributed by atoms with Gasteiger partial charge in [0, 0.05) is 11.5 Å². The Balaban J connectivity index is 2.11. The topological polar surface area (TPSA) is 26.3 Å². The number of allylic oxidation sites excluding steroid dienone is 2. The van der Waals surface area contributed by atoms with Gasteiger partial charge in [-0.2, -0.15) is 0 Å². The van der Waals surface area contributed by atoms with E-state index in [1.165, 1.54) is 11.1 Å². The molecule has 2 heteroatoms. The van der Waals surface area contributed by atoms with E-state index in [9.17, 15) is 4.79 Å². The fourth-order valence-electron chi connectivity index (χ4n) is 3.17. The average Bonchev–Trinajstić information content (AvgIpc) is 2.75. The number of hydrogen-bond donors (Lipinski definition) is 0. The Morgan fingerprint density at radius 3 is 2.59 bits per heavy atom. The van der Waals surface area contributed by atoms with Crippen LogP contribution in [0.1, 0.15) is 25.7 Å². The van der Waals surface area contributed by atoms with Gasteiger partial charge in [-0.1, -0.05) is 25.3 Å². The van der Waals surface area contributed by atoms with Gasteiger partial charge in [0.1, 0.15) is 6.10 Å². The predicted octanol–water partition coefficient (Wildman–Crippen LogP) is 3.08. The van der Waals surface area contributed by atoms with Gasteiger partial charge in [-0.3, -0.25) is 0 Å². The first-order chi connectivity index (χ1) is 8.09. The molecule has 1 fully saturated rings. The highest BCUT2D eigenvalue weighted by Gasteiger charge is 2.44. The lowest BCUT2D eigenvalue weighted by Crippen LogP contribution is -2.18. The molecule has 0 radical (unpaired) electrons. The molecule has 17 heavy (non-hydrogen) atoms. The number of esters is 1. The van der Waals surface area contributed by atoms with Gasteiger partial charge in [-0.05, 0) is 42.4 Å². The highest BCUT2D eigenvalue weighted by atomic mass is 16.6. The van der Waals surface area contributed by atoms with Gasteiger partial charge < -0.3 is 4.74 Å². The maximum absolute atomic E-state index is 11.6. The largest absolute Gasteiger partial charge is 0.453 e. The lowest BCUT2D eigenvalue weighted by atomic mass is 9.88. The van der Waals surface area contributed by atoms with Crippen molar-refractivity contribution in [2.24, 2.45) is 5.92 Å². The van der Waals surface area contributed by atoms with Gasteiger partial charge in [0.2, 0.25) is 0 Å². The van der Waals surface area contributed by atoms with E-state index in [-0.39, 0.29) is 18.0 Å². The first-order valence-electron chi connectivity index (χ1n) is 6.08. The normalized spacial score (nSPS) is 32.5. The van der Waals surface area contributed by atoms with Crippen molar-refractivity contribution >= 4 is 5.97 Å². The summed E-state index contributed by atoms with van der Waals surface area (Å²) in [4.78, 5) is 11.6. The Labute approximate surface area is 101 Å². The molecule has 0 saturated carbocycles. The van der Waals surface area contributed by atoms with Crippen LogP contribution in [0.15, 0.2) is 47.6 Å². The molecule has 0 bridgehead atoms. The van der Waals surface area contributed by atoms with Crippen LogP contribution in [-0.2, 0) is 9.53 Å². The fraction of sp³-hybridized carbons (Fsp3) is 0.400. The summed E-state index contributed by atoms with van der Waals surface area (Å²) >= 11 is 0. The van der Waals surface area contributed by atoms with Crippen molar-refractivity contribution in [3.8, 4) is 0 Å². The van der Waals surface area contributed by atoms with Crippen LogP contribution < -0.4 is 0 Å². The molecule has 0 aromatic rings. The van der Waals surface area contributed by atoms with Crippen LogP contribution in [0, 0.1) is 5.92 Å². The third-order valence-electron chi connectivity index (χ3n) is 4.16. The standard InChI is InChI=1S/C15H16O2/c1-8-4-7-12-10(3)15(16)17-14(12)13-9(2)5-6-11(8)13/h12,14H,1-7H2/t12?,14-/m0/s1. The molecule has 1 aliphatic heterocycles. The van der Waals surface area contributed by atoms with Crippen molar-refractivity contribution in [3.05, 3.63) is 47.6 Å². The van der Waals surface area contributed by atoms with Crippen molar-refractivity contribution in [1.29, 1.82) is 0 Å². The summed E-state index contributed by atoms with van der Waals surface area (Å²) in [6.07, 6.45) is 3.67. The number of rotatable bonds is 0. The Hall–Kier alpha value is -1.57. The smallest absolute Gasteiger partial charge is 0.334 e. The Kier molecular flexibility index (Phi) is 2.15. The minimum absolute atomic E-state index is 0.126. The second kappa shape index (κ2) is 3.46. The average molecular weight is 228 g/mol. The van der Waals surface area contributed by atoms with Crippen LogP contribution in [0.25, 0.3) is 0 Å². The molecular formula is C15H16O2. The van der Waals surface area contributed by atoms with Crippen molar-refractivity contribution in [1.82, 2.24) is 0 Å². The summed E-state index contributed by atoms with van der Waals surface area (Å²) in [6, 6.07) is 0. The first-order valence-corrected chi connectivity index (χ1v) is 6.08. The van der Waals surface area contributed by atoms with Gasteiger partial charge in [0.25, 0.3) is 0 Å². The molecule has 0 aromatic heterocycles. The molecule has 1 saturated heterocycles. The monoisotopic (exact) mass is 228 g/mol. The van der Waals surface area contributed by atoms with Gasteiger partial charge in [0.05, 0.1) is 0 Å². The summed E-state index contributed by atoms with van der Waals surface area (Å²) < 4.78 is 5.49. The maximum atomic E-state index is 11.6. The summed E-state index contributed by atoms with van der Waals surface area (Å²) in [5.74, 6) is -0.110. The van der Waals surface area contributed by atoms with E-state index < -0.39 is 0 Å². The molecule has 3 rings (SSSR count). The van der Waals surface area contributed by atoms with Crippen LogP contribution in [-0.4, -0.2) is 12.1 Å². The van der Waals surface area contributed by atoms with E-state index in [1.807, 2.05) is 0 Å². The second-order valence-electron chi connectivity index (χ2n) is 5.10. The third-order valence-corrected chi connectivity index (χ3v) is 4.16. The number of hydrogen-bond acceptors (Lipinski definition) is 2. The molecule has 1 heterocycles. The number of ether oxygens (including phenoxy) is 1. The number of carbonyl (C=O) groups is 1. The third kappa shape index (κ3) is 1.36. The van der Waals surface area contributed by atoms with E-state index in [2.05, 4.69) is 19.7 Å². The van der Waals surface area contributed by atoms with Crippen LogP contribution in [0.3, 0.4) is 0 Å². The van der Waals surface area contributed by atoms with Crippen LogP contribution in [0.5, 0.6) is 0 Å². The zero-order valence-electron chi connectivity index (χ0n) is 9.92. The summed E-state index contributed by atoms with van der Waals surface area (Å²) in [7, 11) is 0. The van der Waals surface area contributed by atoms with Gasteiger partial charge in [-0.15, -0.1) is 0 Å². The van der Waals surface area contributed by atoms with Crippen molar-refractivity contribution in [2.75, 3.05) is 0 Å². The van der Waals surface area contributed by atoms with E-state index in [4.69, 9.17) is 4.74 Å². The maximum Gasteiger partial charge on any atom is 0.334 e. The minimum atomic E-state index is -0.237. The Morgan fingerprint density at radius 2 is 1.82 bits per heavy atom. The van der Waals surface area contributed by atoms with Crippen molar-refractivity contribution < 1.29 is 9.53 Å². The SMILES string of the molecule is C=C1CCC2C(=C)C(=O)O[C@@H]2C2=C1CCC2=C. The van der Waals surface area contributed by atoms with Gasteiger partial charge in [-0.25, -0.2) is 4.79 Å². The van der Waals surface area contributed by atoms with E-state index in [0.717, 1.165) is 36.8 Å². The molecule has 2 nitrogen and oxygen atoms in total. The number of fused-ring (bicyclic) bond motifs is 2. The highest BCUT2D eigenvalue weighted by molar-refractivity contribution is 5.91. The second-order valence-corrected chi connectivity index (χ2v) is 5.10. The zero-order valence-corrected chi connectivity index (χ0v) is 9.92. The molecule has 0 N–H and O–H groups in total. The van der Waals surface area contributed by atoms with Gasteiger partial charge >= 0.3 is 5.97 Å². The van der Waals surface area contributed by atoms with Crippen molar-refractivity contribution in [3.63, 3.8) is 0 Å². The van der Waals surface area contributed by atoms with Crippen LogP contribution >= 0.6 is 0 Å². The molecule has 2 aliphatic carbocycles. The number of carbonyl (C=O) groups excluding carboxylic acids is 1. The molecular weight excluding hydrogens is 212 g/mol. The predicted molar refractivity (Wildman–Crippen MR) is 66.3 cm³/mol. The molecule has 1 unspecified atom stereocenters. The van der Waals surface area contributed by atoms with E-state index >= 15 is 0 Å². The molecule has 0 spiro atoms. The van der Waals surface area contributed by atoms with E-state index in [0.29, 0.717) is 5.57 Å². The first kappa shape index (κ1) is 10.6. The van der Waals surface area contributed by atoms with Gasteiger partial charge in [0.15, 0.2) is 0 Å². The lowest BCUT2D eigenvalue weighted by molar-refractivity contribution is -0.137. The molecule has 88 valence electrons. The molecule has 0 aromatic carbocycles. The quantitative estimate of drug-likeness (QED) is 0.470.